The number of pyridine rings is 1. The van der Waals surface area contributed by atoms with E-state index in [9.17, 15) is 0 Å². The van der Waals surface area contributed by atoms with Gasteiger partial charge in [-0.2, -0.15) is 0 Å². The molecule has 1 aliphatic heterocycles. The molecule has 2 nitrogen and oxygen atoms in total. The fraction of sp³-hybridized carbons (Fsp3) is 0.773. The lowest BCUT2D eigenvalue weighted by atomic mass is 9.85. The molecule has 0 N–H and O–H groups in total. The number of aromatic nitrogens is 1. The summed E-state index contributed by atoms with van der Waals surface area (Å²) in [5.74, 6) is 1.06. The van der Waals surface area contributed by atoms with E-state index in [-0.39, 0.29) is 0 Å². The number of hydrogen-bond donors (Lipinski definition) is 0. The van der Waals surface area contributed by atoms with E-state index in [0.717, 1.165) is 5.92 Å². The van der Waals surface area contributed by atoms with E-state index in [2.05, 4.69) is 41.0 Å². The van der Waals surface area contributed by atoms with Crippen molar-refractivity contribution in [3.8, 4) is 0 Å². The molecule has 24 heavy (non-hydrogen) atoms. The molecule has 0 spiro atoms. The second-order valence-corrected chi connectivity index (χ2v) is 8.22. The highest BCUT2D eigenvalue weighted by Gasteiger charge is 2.24. The van der Waals surface area contributed by atoms with Gasteiger partial charge in [-0.05, 0) is 44.8 Å². The van der Waals surface area contributed by atoms with Crippen molar-refractivity contribution in [2.45, 2.75) is 89.6 Å². The Morgan fingerprint density at radius 1 is 1.00 bits per heavy atom. The predicted octanol–water partition coefficient (Wildman–Crippen LogP) is 5.27. The fourth-order valence-electron chi connectivity index (χ4n) is 4.77. The molecule has 3 rings (SSSR count). The highest BCUT2D eigenvalue weighted by atomic mass is 15.1. The Morgan fingerprint density at radius 2 is 1.83 bits per heavy atom. The van der Waals surface area contributed by atoms with Crippen LogP contribution in [0.2, 0.25) is 0 Å². The van der Waals surface area contributed by atoms with E-state index in [4.69, 9.17) is 0 Å². The Kier molecular flexibility index (Phi) is 7.13. The lowest BCUT2D eigenvalue weighted by Crippen LogP contribution is -2.34. The van der Waals surface area contributed by atoms with E-state index < -0.39 is 0 Å². The van der Waals surface area contributed by atoms with Crippen LogP contribution in [0.3, 0.4) is 0 Å². The average Bonchev–Trinajstić information content (AvgIpc) is 3.05. The van der Waals surface area contributed by atoms with Crippen LogP contribution in [0.1, 0.15) is 88.7 Å². The maximum Gasteiger partial charge on any atom is 0.173 e. The number of nitrogens with zero attached hydrogens (tertiary/aromatic N) is 2. The first-order chi connectivity index (χ1) is 11.8. The Morgan fingerprint density at radius 3 is 2.62 bits per heavy atom. The van der Waals surface area contributed by atoms with Crippen LogP contribution in [0.25, 0.3) is 0 Å². The van der Waals surface area contributed by atoms with Crippen molar-refractivity contribution in [1.29, 1.82) is 0 Å². The fourth-order valence-corrected chi connectivity index (χ4v) is 4.77. The molecule has 1 saturated heterocycles. The molecule has 0 bridgehead atoms. The molecule has 1 atom stereocenters. The maximum absolute atomic E-state index is 2.50. The van der Waals surface area contributed by atoms with E-state index in [1.165, 1.54) is 95.7 Å². The maximum atomic E-state index is 2.50. The van der Waals surface area contributed by atoms with Crippen LogP contribution < -0.4 is 4.57 Å². The summed E-state index contributed by atoms with van der Waals surface area (Å²) in [6.45, 7) is 2.44. The summed E-state index contributed by atoms with van der Waals surface area (Å²) in [6, 6.07) is 5.20. The number of hydrogen-bond acceptors (Lipinski definition) is 1. The Labute approximate surface area is 149 Å². The van der Waals surface area contributed by atoms with Crippen molar-refractivity contribution >= 4 is 0 Å². The van der Waals surface area contributed by atoms with Gasteiger partial charge < -0.3 is 0 Å². The molecule has 2 heteroatoms. The van der Waals surface area contributed by atoms with E-state index in [1.54, 1.807) is 0 Å². The zero-order valence-electron chi connectivity index (χ0n) is 15.8. The lowest BCUT2D eigenvalue weighted by Gasteiger charge is -2.21. The van der Waals surface area contributed by atoms with Gasteiger partial charge in [0.25, 0.3) is 0 Å². The highest BCUT2D eigenvalue weighted by Crippen LogP contribution is 2.29. The van der Waals surface area contributed by atoms with Crippen LogP contribution in [0.15, 0.2) is 24.5 Å². The number of rotatable bonds is 8. The largest absolute Gasteiger partial charge is 0.299 e. The van der Waals surface area contributed by atoms with Crippen molar-refractivity contribution in [2.75, 3.05) is 13.6 Å². The predicted molar refractivity (Wildman–Crippen MR) is 101 cm³/mol. The molecule has 2 fully saturated rings. The summed E-state index contributed by atoms with van der Waals surface area (Å²) >= 11 is 0. The second-order valence-electron chi connectivity index (χ2n) is 8.22. The number of unbranched alkanes of at least 4 members (excludes halogenated alkanes) is 3. The topological polar surface area (TPSA) is 7.12 Å². The Bertz CT molecular complexity index is 479. The molecular formula is C22H37N2+. The van der Waals surface area contributed by atoms with Gasteiger partial charge in [0.2, 0.25) is 0 Å². The summed E-state index contributed by atoms with van der Waals surface area (Å²) in [5, 5.41) is 0. The molecule has 1 aliphatic carbocycles. The second kappa shape index (κ2) is 9.56. The Hall–Kier alpha value is -0.890. The monoisotopic (exact) mass is 329 g/mol. The first-order valence-corrected chi connectivity index (χ1v) is 10.5. The minimum absolute atomic E-state index is 0.646. The van der Waals surface area contributed by atoms with Crippen molar-refractivity contribution in [3.63, 3.8) is 0 Å². The lowest BCUT2D eigenvalue weighted by molar-refractivity contribution is -0.697. The van der Waals surface area contributed by atoms with Gasteiger partial charge in [-0.1, -0.05) is 51.4 Å². The summed E-state index contributed by atoms with van der Waals surface area (Å²) in [7, 11) is 2.27. The average molecular weight is 330 g/mol. The van der Waals surface area contributed by atoms with Gasteiger partial charge in [0.05, 0.1) is 0 Å². The molecule has 1 aromatic rings. The van der Waals surface area contributed by atoms with Crippen molar-refractivity contribution in [3.05, 3.63) is 30.1 Å². The molecule has 0 aromatic carbocycles. The van der Waals surface area contributed by atoms with Gasteiger partial charge in [0.15, 0.2) is 12.4 Å². The third-order valence-corrected chi connectivity index (χ3v) is 6.29. The summed E-state index contributed by atoms with van der Waals surface area (Å²) in [4.78, 5) is 2.50. The SMILES string of the molecule is CN1CCC[C@H]1c1ccc[n+](CCCCCCC2CCCCC2)c1. The van der Waals surface area contributed by atoms with Gasteiger partial charge in [0, 0.05) is 24.1 Å². The normalized spacial score (nSPS) is 23.0. The zero-order chi connectivity index (χ0) is 16.6. The van der Waals surface area contributed by atoms with Crippen LogP contribution in [-0.2, 0) is 6.54 Å². The third-order valence-electron chi connectivity index (χ3n) is 6.29. The van der Waals surface area contributed by atoms with Crippen LogP contribution in [-0.4, -0.2) is 18.5 Å². The summed E-state index contributed by atoms with van der Waals surface area (Å²) in [6.07, 6.45) is 21.9. The zero-order valence-corrected chi connectivity index (χ0v) is 15.8. The van der Waals surface area contributed by atoms with Crippen molar-refractivity contribution in [2.24, 2.45) is 5.92 Å². The summed E-state index contributed by atoms with van der Waals surface area (Å²) in [5.41, 5.74) is 1.51. The van der Waals surface area contributed by atoms with Crippen molar-refractivity contribution < 1.29 is 4.57 Å². The van der Waals surface area contributed by atoms with Gasteiger partial charge in [-0.15, -0.1) is 0 Å². The van der Waals surface area contributed by atoms with Gasteiger partial charge in [0.1, 0.15) is 6.54 Å². The quantitative estimate of drug-likeness (QED) is 0.465. The first kappa shape index (κ1) is 17.9. The minimum atomic E-state index is 0.646. The number of aryl methyl sites for hydroxylation is 1. The van der Waals surface area contributed by atoms with E-state index >= 15 is 0 Å². The van der Waals surface area contributed by atoms with Crippen molar-refractivity contribution in [1.82, 2.24) is 4.90 Å². The highest BCUT2D eigenvalue weighted by molar-refractivity contribution is 5.12. The molecule has 1 saturated carbocycles. The van der Waals surface area contributed by atoms with Gasteiger partial charge in [-0.3, -0.25) is 4.90 Å². The Balaban J connectivity index is 1.33. The number of likely N-dealkylation sites (tertiary alicyclic amines) is 1. The minimum Gasteiger partial charge on any atom is -0.299 e. The third kappa shape index (κ3) is 5.31. The molecule has 0 radical (unpaired) electrons. The van der Waals surface area contributed by atoms with Crippen LogP contribution in [0, 0.1) is 5.92 Å². The molecule has 2 aliphatic rings. The smallest absolute Gasteiger partial charge is 0.173 e. The first-order valence-electron chi connectivity index (χ1n) is 10.5. The molecule has 2 heterocycles. The summed E-state index contributed by atoms with van der Waals surface area (Å²) < 4.78 is 2.42. The molecule has 0 amide bonds. The van der Waals surface area contributed by atoms with E-state index in [0.29, 0.717) is 6.04 Å². The van der Waals surface area contributed by atoms with Crippen LogP contribution >= 0.6 is 0 Å². The molecule has 1 aromatic heterocycles. The molecule has 0 unspecified atom stereocenters. The van der Waals surface area contributed by atoms with Gasteiger partial charge >= 0.3 is 0 Å². The molecule has 134 valence electrons. The van der Waals surface area contributed by atoms with E-state index in [1.807, 2.05) is 0 Å². The van der Waals surface area contributed by atoms with Crippen LogP contribution in [0.5, 0.6) is 0 Å². The molecular weight excluding hydrogens is 292 g/mol. The standard InChI is InChI=1S/C22H37N2/c1-23-16-10-15-22(23)21-14-9-18-24(19-21)17-8-3-2-5-11-20-12-6-4-7-13-20/h9,14,18-20,22H,2-8,10-13,15-17H2,1H3/q+1/t22-/m0/s1. The van der Waals surface area contributed by atoms with Gasteiger partial charge in [-0.25, -0.2) is 4.57 Å². The van der Waals surface area contributed by atoms with Crippen LogP contribution in [0.4, 0.5) is 0 Å².